The summed E-state index contributed by atoms with van der Waals surface area (Å²) in [5, 5.41) is 2.65. The molecule has 0 spiro atoms. The number of fused-ring (bicyclic) bond motifs is 2. The summed E-state index contributed by atoms with van der Waals surface area (Å²) >= 11 is 0. The minimum Gasteiger partial charge on any atom is -0.486 e. The van der Waals surface area contributed by atoms with Crippen LogP contribution in [-0.2, 0) is 20.9 Å². The molecule has 30 heavy (non-hydrogen) atoms. The van der Waals surface area contributed by atoms with Crippen LogP contribution in [0.15, 0.2) is 57.7 Å². The van der Waals surface area contributed by atoms with Crippen molar-refractivity contribution in [1.29, 1.82) is 0 Å². The van der Waals surface area contributed by atoms with Gasteiger partial charge in [0, 0.05) is 6.54 Å². The zero-order valence-corrected chi connectivity index (χ0v) is 16.0. The Balaban J connectivity index is 1.19. The summed E-state index contributed by atoms with van der Waals surface area (Å²) in [6, 6.07) is 14.2. The molecule has 1 atom stereocenters. The van der Waals surface area contributed by atoms with Gasteiger partial charge in [-0.3, -0.25) is 14.2 Å². The Kier molecular flexibility index (Phi) is 5.69. The molecule has 0 radical (unpaired) electrons. The molecule has 1 unspecified atom stereocenters. The van der Waals surface area contributed by atoms with Crippen molar-refractivity contribution in [3.05, 3.63) is 59.1 Å². The maximum absolute atomic E-state index is 11.9. The van der Waals surface area contributed by atoms with E-state index in [9.17, 15) is 14.4 Å². The molecule has 1 N–H and O–H groups in total. The minimum atomic E-state index is -0.589. The maximum atomic E-state index is 11.9. The molecular formula is C21H20N2O7. The quantitative estimate of drug-likeness (QED) is 0.586. The number of aromatic nitrogens is 1. The van der Waals surface area contributed by atoms with Crippen LogP contribution in [0.2, 0.25) is 0 Å². The topological polar surface area (TPSA) is 109 Å². The number of benzene rings is 2. The Labute approximate surface area is 171 Å². The lowest BCUT2D eigenvalue weighted by molar-refractivity contribution is -0.148. The molecule has 156 valence electrons. The first-order valence-corrected chi connectivity index (χ1v) is 9.49. The third kappa shape index (κ3) is 4.45. The zero-order chi connectivity index (χ0) is 20.9. The van der Waals surface area contributed by atoms with E-state index < -0.39 is 24.2 Å². The highest BCUT2D eigenvalue weighted by atomic mass is 16.6. The smallest absolute Gasteiger partial charge is 0.419 e. The fourth-order valence-corrected chi connectivity index (χ4v) is 3.09. The van der Waals surface area contributed by atoms with Crippen LogP contribution in [-0.4, -0.2) is 42.3 Å². The lowest BCUT2D eigenvalue weighted by Crippen LogP contribution is -2.42. The van der Waals surface area contributed by atoms with Crippen molar-refractivity contribution in [2.75, 3.05) is 19.8 Å². The van der Waals surface area contributed by atoms with Crippen LogP contribution in [0, 0.1) is 0 Å². The van der Waals surface area contributed by atoms with Crippen LogP contribution in [0.4, 0.5) is 0 Å². The second-order valence-corrected chi connectivity index (χ2v) is 6.70. The van der Waals surface area contributed by atoms with Crippen LogP contribution < -0.4 is 20.5 Å². The van der Waals surface area contributed by atoms with Gasteiger partial charge in [-0.05, 0) is 24.3 Å². The molecule has 1 amide bonds. The van der Waals surface area contributed by atoms with E-state index in [1.165, 1.54) is 4.57 Å². The van der Waals surface area contributed by atoms with Gasteiger partial charge < -0.3 is 23.9 Å². The first kappa shape index (κ1) is 19.6. The molecule has 2 heterocycles. The van der Waals surface area contributed by atoms with Gasteiger partial charge in [-0.2, -0.15) is 0 Å². The van der Waals surface area contributed by atoms with Crippen molar-refractivity contribution < 1.29 is 28.2 Å². The van der Waals surface area contributed by atoms with Crippen LogP contribution in [0.1, 0.15) is 6.42 Å². The molecule has 0 aliphatic carbocycles. The van der Waals surface area contributed by atoms with E-state index in [1.807, 2.05) is 18.2 Å². The number of carbonyl (C=O) groups excluding carboxylic acids is 2. The summed E-state index contributed by atoms with van der Waals surface area (Å²) in [6.45, 7) is 0.221. The number of hydrogen-bond donors (Lipinski definition) is 1. The Hall–Kier alpha value is -3.75. The van der Waals surface area contributed by atoms with Gasteiger partial charge >= 0.3 is 11.7 Å². The molecule has 0 saturated heterocycles. The van der Waals surface area contributed by atoms with Gasteiger partial charge in [0.2, 0.25) is 0 Å². The maximum Gasteiger partial charge on any atom is 0.419 e. The highest BCUT2D eigenvalue weighted by Gasteiger charge is 2.21. The van der Waals surface area contributed by atoms with E-state index in [0.29, 0.717) is 29.2 Å². The van der Waals surface area contributed by atoms with Crippen molar-refractivity contribution >= 4 is 23.0 Å². The summed E-state index contributed by atoms with van der Waals surface area (Å²) < 4.78 is 22.8. The second kappa shape index (κ2) is 8.73. The number of carbonyl (C=O) groups is 2. The molecule has 4 rings (SSSR count). The standard InChI is InChI=1S/C21H20N2O7/c24-19(22-11-14-12-27-17-7-3-4-8-18(17)29-14)13-28-20(25)9-10-23-15-5-1-2-6-16(15)30-21(23)26/h1-8,14H,9-13H2,(H,22,24). The fraction of sp³-hybridized carbons (Fsp3) is 0.286. The normalized spacial score (nSPS) is 15.0. The number of aryl methyl sites for hydroxylation is 1. The van der Waals surface area contributed by atoms with Crippen LogP contribution in [0.25, 0.3) is 11.1 Å². The lowest BCUT2D eigenvalue weighted by atomic mass is 10.2. The van der Waals surface area contributed by atoms with Gasteiger partial charge in [-0.15, -0.1) is 0 Å². The summed E-state index contributed by atoms with van der Waals surface area (Å²) in [7, 11) is 0. The van der Waals surface area contributed by atoms with Crippen LogP contribution >= 0.6 is 0 Å². The SMILES string of the molecule is O=C(COC(=O)CCn1c(=O)oc2ccccc21)NCC1COc2ccccc2O1. The molecule has 1 aliphatic rings. The zero-order valence-electron chi connectivity index (χ0n) is 16.0. The van der Waals surface area contributed by atoms with E-state index in [0.717, 1.165) is 0 Å². The van der Waals surface area contributed by atoms with Gasteiger partial charge in [0.25, 0.3) is 5.91 Å². The molecule has 2 aromatic carbocycles. The first-order chi connectivity index (χ1) is 14.6. The van der Waals surface area contributed by atoms with E-state index in [-0.39, 0.29) is 25.6 Å². The average molecular weight is 412 g/mol. The van der Waals surface area contributed by atoms with Crippen molar-refractivity contribution in [3.8, 4) is 11.5 Å². The molecule has 3 aromatic rings. The number of para-hydroxylation sites is 4. The molecular weight excluding hydrogens is 392 g/mol. The minimum absolute atomic E-state index is 0.0624. The Bertz CT molecular complexity index is 1120. The number of nitrogens with zero attached hydrogens (tertiary/aromatic N) is 1. The van der Waals surface area contributed by atoms with Crippen molar-refractivity contribution in [3.63, 3.8) is 0 Å². The number of esters is 1. The summed E-state index contributed by atoms with van der Waals surface area (Å²) in [5.74, 6) is -0.293. The van der Waals surface area contributed by atoms with Gasteiger partial charge in [0.15, 0.2) is 23.7 Å². The number of ether oxygens (including phenoxy) is 3. The third-order valence-electron chi connectivity index (χ3n) is 4.57. The molecule has 0 bridgehead atoms. The van der Waals surface area contributed by atoms with Gasteiger partial charge in [0.1, 0.15) is 12.7 Å². The van der Waals surface area contributed by atoms with Crippen molar-refractivity contribution in [2.45, 2.75) is 19.1 Å². The summed E-state index contributed by atoms with van der Waals surface area (Å²) in [4.78, 5) is 35.8. The van der Waals surface area contributed by atoms with E-state index in [1.54, 1.807) is 30.3 Å². The Morgan fingerprint density at radius 3 is 2.73 bits per heavy atom. The molecule has 0 saturated carbocycles. The monoisotopic (exact) mass is 412 g/mol. The van der Waals surface area contributed by atoms with Crippen molar-refractivity contribution in [1.82, 2.24) is 9.88 Å². The molecule has 0 fully saturated rings. The Morgan fingerprint density at radius 2 is 1.87 bits per heavy atom. The fourth-order valence-electron chi connectivity index (χ4n) is 3.09. The van der Waals surface area contributed by atoms with Gasteiger partial charge in [-0.1, -0.05) is 24.3 Å². The van der Waals surface area contributed by atoms with E-state index in [4.69, 9.17) is 18.6 Å². The number of nitrogens with one attached hydrogen (secondary N) is 1. The lowest BCUT2D eigenvalue weighted by Gasteiger charge is -2.26. The summed E-state index contributed by atoms with van der Waals surface area (Å²) in [5.41, 5.74) is 1.05. The molecule has 1 aromatic heterocycles. The predicted molar refractivity (Wildman–Crippen MR) is 105 cm³/mol. The van der Waals surface area contributed by atoms with E-state index >= 15 is 0 Å². The van der Waals surface area contributed by atoms with Crippen LogP contribution in [0.3, 0.4) is 0 Å². The average Bonchev–Trinajstić information content (AvgIpc) is 3.09. The third-order valence-corrected chi connectivity index (χ3v) is 4.57. The van der Waals surface area contributed by atoms with Gasteiger partial charge in [-0.25, -0.2) is 4.79 Å². The second-order valence-electron chi connectivity index (χ2n) is 6.70. The van der Waals surface area contributed by atoms with E-state index in [2.05, 4.69) is 5.32 Å². The predicted octanol–water partition coefficient (Wildman–Crippen LogP) is 1.48. The number of amides is 1. The number of hydrogen-bond acceptors (Lipinski definition) is 7. The Morgan fingerprint density at radius 1 is 1.10 bits per heavy atom. The highest BCUT2D eigenvalue weighted by Crippen LogP contribution is 2.30. The van der Waals surface area contributed by atoms with Crippen LogP contribution in [0.5, 0.6) is 11.5 Å². The van der Waals surface area contributed by atoms with Gasteiger partial charge in [0.05, 0.1) is 18.5 Å². The largest absolute Gasteiger partial charge is 0.486 e. The van der Waals surface area contributed by atoms with Crippen molar-refractivity contribution in [2.24, 2.45) is 0 Å². The summed E-state index contributed by atoms with van der Waals surface area (Å²) in [6.07, 6.45) is -0.395. The highest BCUT2D eigenvalue weighted by molar-refractivity contribution is 5.80. The molecule has 9 nitrogen and oxygen atoms in total. The first-order valence-electron chi connectivity index (χ1n) is 9.49. The number of rotatable bonds is 7. The molecule has 1 aliphatic heterocycles. The molecule has 9 heteroatoms. The number of oxazole rings is 1.